The molecule has 0 bridgehead atoms. The number of carbonyl (C=O) groups is 3. The molecule has 3 amide bonds. The first-order valence-electron chi connectivity index (χ1n) is 14.6. The number of amides is 3. The fourth-order valence-corrected chi connectivity index (χ4v) is 6.15. The lowest BCUT2D eigenvalue weighted by Gasteiger charge is -2.32. The van der Waals surface area contributed by atoms with E-state index < -0.39 is 23.8 Å². The number of likely N-dealkylation sites (tertiary alicyclic amines) is 2. The number of ether oxygens (including phenoxy) is 1. The summed E-state index contributed by atoms with van der Waals surface area (Å²) >= 11 is 0. The van der Waals surface area contributed by atoms with E-state index in [1.165, 1.54) is 5.69 Å². The summed E-state index contributed by atoms with van der Waals surface area (Å²) < 4.78 is 7.57. The number of nitrogens with zero attached hydrogens (tertiary/aromatic N) is 4. The van der Waals surface area contributed by atoms with Crippen LogP contribution in [0, 0.1) is 11.3 Å². The Hall–Kier alpha value is -3.54. The number of nitrogens with one attached hydrogen (secondary N) is 1. The third kappa shape index (κ3) is 6.78. The number of nitriles is 1. The molecule has 1 N–H and O–H groups in total. The summed E-state index contributed by atoms with van der Waals surface area (Å²) in [6, 6.07) is 9.55. The van der Waals surface area contributed by atoms with E-state index in [1.807, 2.05) is 23.1 Å². The molecule has 2 saturated heterocycles. The van der Waals surface area contributed by atoms with Crippen molar-refractivity contribution in [3.8, 4) is 6.07 Å². The van der Waals surface area contributed by atoms with Crippen molar-refractivity contribution in [1.82, 2.24) is 19.7 Å². The van der Waals surface area contributed by atoms with Gasteiger partial charge in [0, 0.05) is 49.3 Å². The van der Waals surface area contributed by atoms with Gasteiger partial charge in [-0.25, -0.2) is 4.79 Å². The van der Waals surface area contributed by atoms with Crippen molar-refractivity contribution in [2.75, 3.05) is 13.1 Å². The second-order valence-corrected chi connectivity index (χ2v) is 12.1. The molecule has 2 aliphatic heterocycles. The van der Waals surface area contributed by atoms with Gasteiger partial charge in [-0.3, -0.25) is 9.59 Å². The van der Waals surface area contributed by atoms with Crippen molar-refractivity contribution < 1.29 is 19.1 Å². The highest BCUT2D eigenvalue weighted by molar-refractivity contribution is 5.89. The van der Waals surface area contributed by atoms with Crippen LogP contribution in [0.5, 0.6) is 0 Å². The molecular weight excluding hydrogens is 506 g/mol. The van der Waals surface area contributed by atoms with E-state index in [2.05, 4.69) is 28.9 Å². The van der Waals surface area contributed by atoms with Crippen LogP contribution < -0.4 is 5.32 Å². The summed E-state index contributed by atoms with van der Waals surface area (Å²) in [5, 5.41) is 13.2. The van der Waals surface area contributed by atoms with E-state index >= 15 is 0 Å². The van der Waals surface area contributed by atoms with Crippen molar-refractivity contribution in [3.05, 3.63) is 35.5 Å². The van der Waals surface area contributed by atoms with Gasteiger partial charge in [-0.2, -0.15) is 5.26 Å². The average molecular weight is 550 g/mol. The molecule has 1 aromatic carbocycles. The molecule has 0 radical (unpaired) electrons. The number of carbonyl (C=O) groups excluding carboxylic acids is 3. The maximum atomic E-state index is 13.7. The number of aromatic nitrogens is 1. The number of alkyl carbamates (subject to hydrolysis) is 1. The second-order valence-electron chi connectivity index (χ2n) is 12.1. The van der Waals surface area contributed by atoms with E-state index in [9.17, 15) is 19.6 Å². The van der Waals surface area contributed by atoms with E-state index in [-0.39, 0.29) is 24.3 Å². The Bertz CT molecular complexity index is 1290. The van der Waals surface area contributed by atoms with E-state index in [4.69, 9.17) is 4.74 Å². The Kier molecular flexibility index (Phi) is 9.07. The molecular formula is C31H43N5O4. The van der Waals surface area contributed by atoms with Gasteiger partial charge >= 0.3 is 6.09 Å². The Morgan fingerprint density at radius 1 is 1.12 bits per heavy atom. The van der Waals surface area contributed by atoms with Crippen molar-refractivity contribution in [2.45, 2.75) is 110 Å². The third-order valence-corrected chi connectivity index (χ3v) is 7.93. The molecule has 2 aliphatic rings. The molecule has 4 rings (SSSR count). The standard InChI is InChI=1S/C31H43N5O4/c1-6-34-25(19-23-12-11-22(20-32)18-27(23)34)14-13-24-9-7-15-35(24)29(38)26-10-8-16-36(26)28(37)17-21(2)33-30(39)40-31(3,4)5/h11-12,18-19,21,24,26H,6-10,13-17H2,1-5H3,(H,33,39). The zero-order valence-corrected chi connectivity index (χ0v) is 24.5. The summed E-state index contributed by atoms with van der Waals surface area (Å²) in [7, 11) is 0. The monoisotopic (exact) mass is 549 g/mol. The molecule has 3 heterocycles. The maximum Gasteiger partial charge on any atom is 0.407 e. The summed E-state index contributed by atoms with van der Waals surface area (Å²) in [4.78, 5) is 42.8. The van der Waals surface area contributed by atoms with Crippen molar-refractivity contribution in [3.63, 3.8) is 0 Å². The fourth-order valence-electron chi connectivity index (χ4n) is 6.15. The topological polar surface area (TPSA) is 108 Å². The molecule has 2 aromatic rings. The van der Waals surface area contributed by atoms with Gasteiger partial charge in [0.05, 0.1) is 11.6 Å². The summed E-state index contributed by atoms with van der Waals surface area (Å²) in [6.07, 6.45) is 4.70. The molecule has 3 unspecified atom stereocenters. The normalized spacial score (nSPS) is 20.0. The Morgan fingerprint density at radius 3 is 2.55 bits per heavy atom. The quantitative estimate of drug-likeness (QED) is 0.511. The lowest BCUT2D eigenvalue weighted by molar-refractivity contribution is -0.144. The van der Waals surface area contributed by atoms with Gasteiger partial charge in [0.1, 0.15) is 11.6 Å². The van der Waals surface area contributed by atoms with Crippen LogP contribution in [0.3, 0.4) is 0 Å². The first kappa shape index (κ1) is 29.4. The zero-order valence-electron chi connectivity index (χ0n) is 24.5. The van der Waals surface area contributed by atoms with E-state index in [0.29, 0.717) is 18.5 Å². The molecule has 2 fully saturated rings. The van der Waals surface area contributed by atoms with Crippen LogP contribution in [0.1, 0.15) is 84.4 Å². The number of rotatable bonds is 8. The van der Waals surface area contributed by atoms with Crippen LogP contribution in [0.15, 0.2) is 24.3 Å². The molecule has 216 valence electrons. The fraction of sp³-hybridized carbons (Fsp3) is 0.613. The minimum absolute atomic E-state index is 0.0517. The molecule has 9 heteroatoms. The minimum Gasteiger partial charge on any atom is -0.444 e. The van der Waals surface area contributed by atoms with E-state index in [1.54, 1.807) is 32.6 Å². The van der Waals surface area contributed by atoms with Gasteiger partial charge in [0.15, 0.2) is 0 Å². The smallest absolute Gasteiger partial charge is 0.407 e. The van der Waals surface area contributed by atoms with Gasteiger partial charge in [0.2, 0.25) is 11.8 Å². The largest absolute Gasteiger partial charge is 0.444 e. The SMILES string of the molecule is CCn1c(CCC2CCCN2C(=O)C2CCCN2C(=O)CC(C)NC(=O)OC(C)(C)C)cc2ccc(C#N)cc21. The van der Waals surface area contributed by atoms with Crippen molar-refractivity contribution in [2.24, 2.45) is 0 Å². The second kappa shape index (κ2) is 12.3. The van der Waals surface area contributed by atoms with Gasteiger partial charge < -0.3 is 24.4 Å². The summed E-state index contributed by atoms with van der Waals surface area (Å²) in [6.45, 7) is 11.4. The summed E-state index contributed by atoms with van der Waals surface area (Å²) in [5.74, 6) is -0.0600. The van der Waals surface area contributed by atoms with Crippen LogP contribution in [0.2, 0.25) is 0 Å². The van der Waals surface area contributed by atoms with Crippen LogP contribution in [0.25, 0.3) is 10.9 Å². The molecule has 0 saturated carbocycles. The number of aryl methyl sites for hydroxylation is 2. The average Bonchev–Trinajstić information content (AvgIpc) is 3.63. The zero-order chi connectivity index (χ0) is 29.0. The number of fused-ring (bicyclic) bond motifs is 1. The molecule has 0 spiro atoms. The Balaban J connectivity index is 1.37. The predicted octanol–water partition coefficient (Wildman–Crippen LogP) is 4.75. The number of hydrogen-bond acceptors (Lipinski definition) is 5. The van der Waals surface area contributed by atoms with Gasteiger partial charge in [0.25, 0.3) is 0 Å². The van der Waals surface area contributed by atoms with Crippen LogP contribution >= 0.6 is 0 Å². The Labute approximate surface area is 237 Å². The minimum atomic E-state index is -0.611. The number of benzene rings is 1. The lowest BCUT2D eigenvalue weighted by Crippen LogP contribution is -2.50. The van der Waals surface area contributed by atoms with E-state index in [0.717, 1.165) is 56.1 Å². The predicted molar refractivity (Wildman–Crippen MR) is 154 cm³/mol. The molecule has 1 aromatic heterocycles. The van der Waals surface area contributed by atoms with Crippen molar-refractivity contribution >= 4 is 28.8 Å². The third-order valence-electron chi connectivity index (χ3n) is 7.93. The van der Waals surface area contributed by atoms with Gasteiger partial charge in [-0.05, 0) is 96.7 Å². The van der Waals surface area contributed by atoms with Crippen molar-refractivity contribution in [1.29, 1.82) is 5.26 Å². The molecule has 40 heavy (non-hydrogen) atoms. The Morgan fingerprint density at radius 2 is 1.85 bits per heavy atom. The highest BCUT2D eigenvalue weighted by atomic mass is 16.6. The van der Waals surface area contributed by atoms with Crippen LogP contribution in [-0.2, 0) is 27.3 Å². The van der Waals surface area contributed by atoms with Gasteiger partial charge in [-0.1, -0.05) is 6.07 Å². The van der Waals surface area contributed by atoms with Crippen LogP contribution in [-0.4, -0.2) is 69.1 Å². The van der Waals surface area contributed by atoms with Crippen LogP contribution in [0.4, 0.5) is 4.79 Å². The highest BCUT2D eigenvalue weighted by Gasteiger charge is 2.40. The van der Waals surface area contributed by atoms with Gasteiger partial charge in [-0.15, -0.1) is 0 Å². The maximum absolute atomic E-state index is 13.7. The molecule has 3 atom stereocenters. The summed E-state index contributed by atoms with van der Waals surface area (Å²) in [5.41, 5.74) is 2.34. The number of hydrogen-bond donors (Lipinski definition) is 1. The first-order valence-corrected chi connectivity index (χ1v) is 14.6. The highest BCUT2D eigenvalue weighted by Crippen LogP contribution is 2.29. The lowest BCUT2D eigenvalue weighted by atomic mass is 10.1. The first-order chi connectivity index (χ1) is 19.0. The molecule has 9 nitrogen and oxygen atoms in total. The molecule has 0 aliphatic carbocycles.